The van der Waals surface area contributed by atoms with Crippen LogP contribution in [0.1, 0.15) is 56.8 Å². The highest BCUT2D eigenvalue weighted by Gasteiger charge is 2.28. The van der Waals surface area contributed by atoms with Gasteiger partial charge in [0.15, 0.2) is 18.1 Å². The smallest absolute Gasteiger partial charge is 0.306 e. The Bertz CT molecular complexity index is 768. The van der Waals surface area contributed by atoms with Crippen molar-refractivity contribution >= 4 is 23.0 Å². The monoisotopic (exact) mass is 370 g/mol. The summed E-state index contributed by atoms with van der Waals surface area (Å²) in [6, 6.07) is 7.75. The van der Waals surface area contributed by atoms with E-state index < -0.39 is 0 Å². The second kappa shape index (κ2) is 8.11. The molecule has 6 nitrogen and oxygen atoms in total. The molecule has 2 heterocycles. The van der Waals surface area contributed by atoms with Gasteiger partial charge in [-0.3, -0.25) is 9.59 Å². The first-order valence-electron chi connectivity index (χ1n) is 9.98. The number of carbonyl (C=O) groups is 2. The minimum absolute atomic E-state index is 0.106. The lowest BCUT2D eigenvalue weighted by Gasteiger charge is -2.30. The zero-order chi connectivity index (χ0) is 18.6. The van der Waals surface area contributed by atoms with E-state index in [1.165, 1.54) is 12.8 Å². The van der Waals surface area contributed by atoms with Crippen LogP contribution in [0.4, 0.5) is 0 Å². The number of para-hydroxylation sites is 2. The number of ether oxygens (including phenoxy) is 1. The summed E-state index contributed by atoms with van der Waals surface area (Å²) in [6.45, 7) is 1.14. The minimum atomic E-state index is -0.239. The van der Waals surface area contributed by atoms with Gasteiger partial charge in [-0.2, -0.15) is 0 Å². The van der Waals surface area contributed by atoms with Crippen LogP contribution in [0.5, 0.6) is 0 Å². The number of hydrogen-bond donors (Lipinski definition) is 0. The minimum Gasteiger partial charge on any atom is -0.456 e. The first-order valence-corrected chi connectivity index (χ1v) is 9.98. The van der Waals surface area contributed by atoms with Crippen LogP contribution in [-0.2, 0) is 14.3 Å². The van der Waals surface area contributed by atoms with Crippen molar-refractivity contribution in [2.24, 2.45) is 5.92 Å². The molecule has 4 rings (SSSR count). The van der Waals surface area contributed by atoms with Crippen molar-refractivity contribution in [1.82, 2.24) is 9.88 Å². The Morgan fingerprint density at radius 1 is 1.11 bits per heavy atom. The Hall–Kier alpha value is -2.37. The van der Waals surface area contributed by atoms with Crippen molar-refractivity contribution < 1.29 is 18.7 Å². The third-order valence-electron chi connectivity index (χ3n) is 5.79. The molecule has 1 aromatic carbocycles. The summed E-state index contributed by atoms with van der Waals surface area (Å²) in [4.78, 5) is 30.6. The van der Waals surface area contributed by atoms with Crippen molar-refractivity contribution in [2.45, 2.75) is 50.9 Å². The first kappa shape index (κ1) is 18.0. The van der Waals surface area contributed by atoms with Gasteiger partial charge < -0.3 is 14.1 Å². The zero-order valence-corrected chi connectivity index (χ0v) is 15.6. The molecule has 0 N–H and O–H groups in total. The van der Waals surface area contributed by atoms with Gasteiger partial charge in [-0.15, -0.1) is 0 Å². The molecule has 0 bridgehead atoms. The number of nitrogens with zero attached hydrogens (tertiary/aromatic N) is 2. The number of esters is 1. The third kappa shape index (κ3) is 4.31. The van der Waals surface area contributed by atoms with Crippen molar-refractivity contribution in [3.8, 4) is 0 Å². The van der Waals surface area contributed by atoms with Gasteiger partial charge in [0.2, 0.25) is 0 Å². The first-order chi connectivity index (χ1) is 13.2. The Morgan fingerprint density at radius 3 is 2.59 bits per heavy atom. The summed E-state index contributed by atoms with van der Waals surface area (Å²) in [6.07, 6.45) is 6.69. The predicted octanol–water partition coefficient (Wildman–Crippen LogP) is 3.66. The van der Waals surface area contributed by atoms with E-state index in [9.17, 15) is 9.59 Å². The number of likely N-dealkylation sites (tertiary alicyclic amines) is 1. The second-order valence-corrected chi connectivity index (χ2v) is 7.69. The van der Waals surface area contributed by atoms with E-state index >= 15 is 0 Å². The largest absolute Gasteiger partial charge is 0.456 e. The van der Waals surface area contributed by atoms with Crippen LogP contribution in [0.25, 0.3) is 11.1 Å². The van der Waals surface area contributed by atoms with Gasteiger partial charge in [0, 0.05) is 25.4 Å². The van der Waals surface area contributed by atoms with Crippen LogP contribution in [0.15, 0.2) is 28.7 Å². The molecule has 0 atom stereocenters. The molecule has 1 aliphatic heterocycles. The third-order valence-corrected chi connectivity index (χ3v) is 5.79. The highest BCUT2D eigenvalue weighted by Crippen LogP contribution is 2.30. The number of amides is 1. The molecule has 0 radical (unpaired) electrons. The number of hydrogen-bond acceptors (Lipinski definition) is 5. The van der Waals surface area contributed by atoms with Crippen LogP contribution in [0.3, 0.4) is 0 Å². The van der Waals surface area contributed by atoms with Gasteiger partial charge in [0.1, 0.15) is 5.52 Å². The van der Waals surface area contributed by atoms with E-state index in [0.29, 0.717) is 25.4 Å². The standard InChI is InChI=1S/C21H26N2O4/c24-19(14-26-20(25)13-15-5-1-2-6-15)23-11-9-16(10-12-23)21-22-17-7-3-4-8-18(17)27-21/h3-4,7-8,15-16H,1-2,5-6,9-14H2. The quantitative estimate of drug-likeness (QED) is 0.751. The second-order valence-electron chi connectivity index (χ2n) is 7.69. The van der Waals surface area contributed by atoms with E-state index in [0.717, 1.165) is 42.7 Å². The van der Waals surface area contributed by atoms with Crippen molar-refractivity contribution in [2.75, 3.05) is 19.7 Å². The summed E-state index contributed by atoms with van der Waals surface area (Å²) in [5.41, 5.74) is 1.68. The summed E-state index contributed by atoms with van der Waals surface area (Å²) in [5, 5.41) is 0. The van der Waals surface area contributed by atoms with Crippen molar-refractivity contribution in [3.05, 3.63) is 30.2 Å². The normalized spacial score (nSPS) is 18.9. The van der Waals surface area contributed by atoms with Crippen LogP contribution in [-0.4, -0.2) is 41.5 Å². The topological polar surface area (TPSA) is 72.6 Å². The number of fused-ring (bicyclic) bond motifs is 1. The molecule has 0 unspecified atom stereocenters. The number of rotatable bonds is 5. The van der Waals surface area contributed by atoms with Gasteiger partial charge in [0.05, 0.1) is 0 Å². The molecule has 1 saturated carbocycles. The molecule has 1 aliphatic carbocycles. The lowest BCUT2D eigenvalue weighted by atomic mass is 9.97. The molecule has 1 aromatic heterocycles. The van der Waals surface area contributed by atoms with Crippen molar-refractivity contribution in [1.29, 1.82) is 0 Å². The van der Waals surface area contributed by atoms with Gasteiger partial charge in [-0.05, 0) is 43.7 Å². The molecule has 27 heavy (non-hydrogen) atoms. The van der Waals surface area contributed by atoms with Crippen LogP contribution >= 0.6 is 0 Å². The maximum absolute atomic E-state index is 12.3. The molecule has 144 valence electrons. The number of oxazole rings is 1. The van der Waals surface area contributed by atoms with Crippen molar-refractivity contribution in [3.63, 3.8) is 0 Å². The molecule has 1 saturated heterocycles. The highest BCUT2D eigenvalue weighted by atomic mass is 16.5. The fraction of sp³-hybridized carbons (Fsp3) is 0.571. The molecule has 6 heteroatoms. The summed E-state index contributed by atoms with van der Waals surface area (Å²) in [5.74, 6) is 1.08. The number of piperidine rings is 1. The fourth-order valence-corrected chi connectivity index (χ4v) is 4.18. The zero-order valence-electron chi connectivity index (χ0n) is 15.6. The Labute approximate surface area is 158 Å². The summed E-state index contributed by atoms with van der Waals surface area (Å²) >= 11 is 0. The van der Waals surface area contributed by atoms with E-state index in [1.54, 1.807) is 4.90 Å². The molecular formula is C21H26N2O4. The van der Waals surface area contributed by atoms with E-state index in [1.807, 2.05) is 24.3 Å². The summed E-state index contributed by atoms with van der Waals surface area (Å²) in [7, 11) is 0. The van der Waals surface area contributed by atoms with Gasteiger partial charge in [0.25, 0.3) is 5.91 Å². The van der Waals surface area contributed by atoms with Gasteiger partial charge >= 0.3 is 5.97 Å². The number of aromatic nitrogens is 1. The average Bonchev–Trinajstić information content (AvgIpc) is 3.35. The number of benzene rings is 1. The van der Waals surface area contributed by atoms with Gasteiger partial charge in [-0.1, -0.05) is 25.0 Å². The van der Waals surface area contributed by atoms with Crippen LogP contribution < -0.4 is 0 Å². The maximum atomic E-state index is 12.3. The lowest BCUT2D eigenvalue weighted by molar-refractivity contribution is -0.153. The Kier molecular flexibility index (Phi) is 5.41. The Morgan fingerprint density at radius 2 is 1.85 bits per heavy atom. The molecule has 2 aromatic rings. The Balaban J connectivity index is 1.23. The molecule has 2 fully saturated rings. The van der Waals surface area contributed by atoms with E-state index in [-0.39, 0.29) is 24.4 Å². The van der Waals surface area contributed by atoms with E-state index in [2.05, 4.69) is 4.98 Å². The van der Waals surface area contributed by atoms with Crippen LogP contribution in [0.2, 0.25) is 0 Å². The maximum Gasteiger partial charge on any atom is 0.306 e. The lowest BCUT2D eigenvalue weighted by Crippen LogP contribution is -2.40. The fourth-order valence-electron chi connectivity index (χ4n) is 4.18. The van der Waals surface area contributed by atoms with E-state index in [4.69, 9.17) is 9.15 Å². The number of carbonyl (C=O) groups excluding carboxylic acids is 2. The van der Waals surface area contributed by atoms with Gasteiger partial charge in [-0.25, -0.2) is 4.98 Å². The predicted molar refractivity (Wildman–Crippen MR) is 100 cm³/mol. The molecule has 2 aliphatic rings. The SMILES string of the molecule is O=C(CC1CCCC1)OCC(=O)N1CCC(c2nc3ccccc3o2)CC1. The van der Waals surface area contributed by atoms with Crippen LogP contribution in [0, 0.1) is 5.92 Å². The average molecular weight is 370 g/mol. The molecule has 0 spiro atoms. The molecular weight excluding hydrogens is 344 g/mol. The summed E-state index contributed by atoms with van der Waals surface area (Å²) < 4.78 is 11.1. The highest BCUT2D eigenvalue weighted by molar-refractivity contribution is 5.80. The molecule has 1 amide bonds.